The predicted molar refractivity (Wildman–Crippen MR) is 89.2 cm³/mol. The second-order valence-corrected chi connectivity index (χ2v) is 6.38. The van der Waals surface area contributed by atoms with E-state index in [2.05, 4.69) is 11.9 Å². The summed E-state index contributed by atoms with van der Waals surface area (Å²) >= 11 is 1.61. The van der Waals surface area contributed by atoms with Gasteiger partial charge < -0.3 is 4.74 Å². The van der Waals surface area contributed by atoms with Crippen molar-refractivity contribution in [2.45, 2.75) is 27.2 Å². The van der Waals surface area contributed by atoms with Gasteiger partial charge in [-0.2, -0.15) is 0 Å². The number of thiazole rings is 1. The minimum atomic E-state index is 0.610. The van der Waals surface area contributed by atoms with Gasteiger partial charge in [-0.3, -0.25) is 9.20 Å². The van der Waals surface area contributed by atoms with Gasteiger partial charge in [0.25, 0.3) is 0 Å². The molecule has 0 spiro atoms. The van der Waals surface area contributed by atoms with Crippen molar-refractivity contribution in [2.75, 3.05) is 6.61 Å². The van der Waals surface area contributed by atoms with Crippen LogP contribution in [0.2, 0.25) is 0 Å². The summed E-state index contributed by atoms with van der Waals surface area (Å²) in [5.74, 6) is 0.839. The van der Waals surface area contributed by atoms with Crippen LogP contribution in [-0.4, -0.2) is 22.3 Å². The van der Waals surface area contributed by atoms with E-state index in [1.165, 1.54) is 4.88 Å². The molecule has 0 atom stereocenters. The van der Waals surface area contributed by atoms with Crippen molar-refractivity contribution in [3.05, 3.63) is 40.5 Å². The lowest BCUT2D eigenvalue weighted by atomic mass is 10.1. The third kappa shape index (κ3) is 2.41. The third-order valence-corrected chi connectivity index (χ3v) is 4.74. The van der Waals surface area contributed by atoms with E-state index in [-0.39, 0.29) is 0 Å². The molecule has 4 nitrogen and oxygen atoms in total. The molecule has 0 N–H and O–H groups in total. The number of nitrogens with zero attached hydrogens (tertiary/aromatic N) is 2. The molecule has 0 aliphatic rings. The SMILES string of the molecule is CCCOc1ccc(-c2nc3sc(C)c(C)n3c2C=O)cc1. The summed E-state index contributed by atoms with van der Waals surface area (Å²) in [7, 11) is 0. The molecule has 2 heterocycles. The number of aromatic nitrogens is 2. The first-order valence-electron chi connectivity index (χ1n) is 7.32. The highest BCUT2D eigenvalue weighted by Gasteiger charge is 2.17. The van der Waals surface area contributed by atoms with E-state index in [1.54, 1.807) is 11.3 Å². The van der Waals surface area contributed by atoms with Crippen LogP contribution in [0.5, 0.6) is 5.75 Å². The van der Waals surface area contributed by atoms with E-state index in [0.29, 0.717) is 12.3 Å². The van der Waals surface area contributed by atoms with Gasteiger partial charge in [-0.15, -0.1) is 11.3 Å². The summed E-state index contributed by atoms with van der Waals surface area (Å²) in [5, 5.41) is 0. The van der Waals surface area contributed by atoms with Gasteiger partial charge in [-0.1, -0.05) is 6.92 Å². The van der Waals surface area contributed by atoms with Gasteiger partial charge in [0.15, 0.2) is 11.2 Å². The van der Waals surface area contributed by atoms with Crippen LogP contribution in [-0.2, 0) is 0 Å². The van der Waals surface area contributed by atoms with Crippen LogP contribution < -0.4 is 4.74 Å². The van der Waals surface area contributed by atoms with E-state index in [1.807, 2.05) is 42.5 Å². The van der Waals surface area contributed by atoms with Gasteiger partial charge in [0.2, 0.25) is 0 Å². The lowest BCUT2D eigenvalue weighted by Gasteiger charge is -2.05. The van der Waals surface area contributed by atoms with Gasteiger partial charge >= 0.3 is 0 Å². The Balaban J connectivity index is 2.04. The molecular weight excluding hydrogens is 296 g/mol. The first kappa shape index (κ1) is 14.8. The molecular formula is C17H18N2O2S. The Labute approximate surface area is 133 Å². The van der Waals surface area contributed by atoms with Crippen molar-refractivity contribution in [3.63, 3.8) is 0 Å². The molecule has 22 heavy (non-hydrogen) atoms. The van der Waals surface area contributed by atoms with Crippen molar-refractivity contribution in [3.8, 4) is 17.0 Å². The number of aryl methyl sites for hydroxylation is 2. The van der Waals surface area contributed by atoms with Crippen LogP contribution in [0.1, 0.15) is 34.4 Å². The molecule has 114 valence electrons. The van der Waals surface area contributed by atoms with Crippen molar-refractivity contribution in [1.82, 2.24) is 9.38 Å². The Bertz CT molecular complexity index is 815. The molecule has 0 amide bonds. The maximum absolute atomic E-state index is 11.6. The summed E-state index contributed by atoms with van der Waals surface area (Å²) < 4.78 is 7.52. The van der Waals surface area contributed by atoms with E-state index < -0.39 is 0 Å². The fourth-order valence-corrected chi connectivity index (χ4v) is 3.40. The van der Waals surface area contributed by atoms with E-state index in [9.17, 15) is 4.79 Å². The Hall–Kier alpha value is -2.14. The molecule has 3 rings (SSSR count). The largest absolute Gasteiger partial charge is 0.494 e. The molecule has 1 aromatic carbocycles. The van der Waals surface area contributed by atoms with Crippen LogP contribution >= 0.6 is 11.3 Å². The number of carbonyl (C=O) groups excluding carboxylic acids is 1. The number of rotatable bonds is 5. The zero-order valence-electron chi connectivity index (χ0n) is 12.9. The molecule has 0 radical (unpaired) electrons. The first-order valence-corrected chi connectivity index (χ1v) is 8.14. The van der Waals surface area contributed by atoms with Crippen molar-refractivity contribution in [1.29, 1.82) is 0 Å². The minimum absolute atomic E-state index is 0.610. The van der Waals surface area contributed by atoms with Crippen molar-refractivity contribution >= 4 is 22.6 Å². The quantitative estimate of drug-likeness (QED) is 0.660. The first-order chi connectivity index (χ1) is 10.7. The van der Waals surface area contributed by atoms with Gasteiger partial charge in [0, 0.05) is 16.1 Å². The third-order valence-electron chi connectivity index (χ3n) is 3.68. The average molecular weight is 314 g/mol. The Morgan fingerprint density at radius 1 is 1.27 bits per heavy atom. The fraction of sp³-hybridized carbons (Fsp3) is 0.294. The molecule has 0 aliphatic heterocycles. The van der Waals surface area contributed by atoms with E-state index >= 15 is 0 Å². The summed E-state index contributed by atoms with van der Waals surface area (Å²) in [6.45, 7) is 6.84. The van der Waals surface area contributed by atoms with E-state index in [4.69, 9.17) is 4.74 Å². The Morgan fingerprint density at radius 2 is 2.00 bits per heavy atom. The smallest absolute Gasteiger partial charge is 0.195 e. The molecule has 5 heteroatoms. The minimum Gasteiger partial charge on any atom is -0.494 e. The molecule has 0 unspecified atom stereocenters. The van der Waals surface area contributed by atoms with Crippen molar-refractivity contribution in [2.24, 2.45) is 0 Å². The zero-order valence-corrected chi connectivity index (χ0v) is 13.7. The normalized spacial score (nSPS) is 11.0. The van der Waals surface area contributed by atoms with E-state index in [0.717, 1.165) is 40.4 Å². The Morgan fingerprint density at radius 3 is 2.64 bits per heavy atom. The number of hydrogen-bond donors (Lipinski definition) is 0. The lowest BCUT2D eigenvalue weighted by Crippen LogP contribution is -1.96. The second kappa shape index (κ2) is 5.93. The summed E-state index contributed by atoms with van der Waals surface area (Å²) in [6.07, 6.45) is 1.86. The van der Waals surface area contributed by atoms with Crippen LogP contribution in [0.25, 0.3) is 16.2 Å². The standard InChI is InChI=1S/C17H18N2O2S/c1-4-9-21-14-7-5-13(6-8-14)16-15(10-20)19-11(2)12(3)22-17(19)18-16/h5-8,10H,4,9H2,1-3H3. The van der Waals surface area contributed by atoms with Gasteiger partial charge in [0.1, 0.15) is 17.1 Å². The zero-order chi connectivity index (χ0) is 15.7. The molecule has 3 aromatic rings. The Kier molecular flexibility index (Phi) is 3.98. The number of benzene rings is 1. The monoisotopic (exact) mass is 314 g/mol. The number of carbonyl (C=O) groups is 1. The van der Waals surface area contributed by atoms with Crippen molar-refractivity contribution < 1.29 is 9.53 Å². The van der Waals surface area contributed by atoms with Gasteiger partial charge in [0.05, 0.1) is 6.61 Å². The fourth-order valence-electron chi connectivity index (χ4n) is 2.42. The highest BCUT2D eigenvalue weighted by Crippen LogP contribution is 2.30. The van der Waals surface area contributed by atoms with Crippen LogP contribution in [0.3, 0.4) is 0 Å². The molecule has 0 bridgehead atoms. The summed E-state index contributed by atoms with van der Waals surface area (Å²) in [4.78, 5) is 18.2. The lowest BCUT2D eigenvalue weighted by molar-refractivity contribution is 0.111. The molecule has 0 aliphatic carbocycles. The summed E-state index contributed by atoms with van der Waals surface area (Å²) in [6, 6.07) is 7.75. The highest BCUT2D eigenvalue weighted by molar-refractivity contribution is 7.17. The number of aldehydes is 1. The number of hydrogen-bond acceptors (Lipinski definition) is 4. The van der Waals surface area contributed by atoms with Crippen LogP contribution in [0, 0.1) is 13.8 Å². The van der Waals surface area contributed by atoms with Crippen LogP contribution in [0.4, 0.5) is 0 Å². The number of imidazole rings is 1. The molecule has 0 saturated heterocycles. The topological polar surface area (TPSA) is 43.6 Å². The maximum Gasteiger partial charge on any atom is 0.195 e. The number of ether oxygens (including phenoxy) is 1. The van der Waals surface area contributed by atoms with Crippen LogP contribution in [0.15, 0.2) is 24.3 Å². The summed E-state index contributed by atoms with van der Waals surface area (Å²) in [5.41, 5.74) is 3.34. The average Bonchev–Trinajstić information content (AvgIpc) is 3.02. The number of fused-ring (bicyclic) bond motifs is 1. The predicted octanol–water partition coefficient (Wildman–Crippen LogP) is 4.28. The van der Waals surface area contributed by atoms with Gasteiger partial charge in [-0.25, -0.2) is 4.98 Å². The second-order valence-electron chi connectivity index (χ2n) is 5.20. The molecule has 0 saturated carbocycles. The van der Waals surface area contributed by atoms with Gasteiger partial charge in [-0.05, 0) is 44.5 Å². The highest BCUT2D eigenvalue weighted by atomic mass is 32.1. The molecule has 2 aromatic heterocycles. The molecule has 0 fully saturated rings. The maximum atomic E-state index is 11.6.